The third-order valence-corrected chi connectivity index (χ3v) is 5.40. The third kappa shape index (κ3) is 3.44. The molecule has 0 radical (unpaired) electrons. The molecule has 150 valence electrons. The van der Waals surface area contributed by atoms with Gasteiger partial charge in [-0.25, -0.2) is 4.98 Å². The van der Waals surface area contributed by atoms with Gasteiger partial charge >= 0.3 is 0 Å². The van der Waals surface area contributed by atoms with E-state index in [1.165, 1.54) is 10.9 Å². The number of rotatable bonds is 5. The molecule has 0 atom stereocenters. The number of carbonyl (C=O) groups excluding carboxylic acids is 1. The van der Waals surface area contributed by atoms with Crippen molar-refractivity contribution in [3.63, 3.8) is 0 Å². The molecular weight excluding hydrogens is 368 g/mol. The molecule has 0 bridgehead atoms. The van der Waals surface area contributed by atoms with E-state index in [0.29, 0.717) is 23.4 Å². The van der Waals surface area contributed by atoms with Crippen LogP contribution in [0.2, 0.25) is 0 Å². The van der Waals surface area contributed by atoms with Crippen molar-refractivity contribution in [2.24, 2.45) is 0 Å². The summed E-state index contributed by atoms with van der Waals surface area (Å²) in [6.07, 6.45) is 3.04. The summed E-state index contributed by atoms with van der Waals surface area (Å²) in [5.74, 6) is 1.31. The molecular formula is C22H24N4O3. The summed E-state index contributed by atoms with van der Waals surface area (Å²) in [7, 11) is 1.63. The maximum Gasteiger partial charge on any atom is 0.259 e. The Kier molecular flexibility index (Phi) is 4.96. The zero-order valence-electron chi connectivity index (χ0n) is 16.9. The van der Waals surface area contributed by atoms with Crippen LogP contribution in [0.1, 0.15) is 33.7 Å². The topological polar surface area (TPSA) is 78.2 Å². The lowest BCUT2D eigenvalue weighted by Crippen LogP contribution is -2.31. The van der Waals surface area contributed by atoms with Gasteiger partial charge < -0.3 is 14.6 Å². The molecule has 0 amide bonds. The van der Waals surface area contributed by atoms with Gasteiger partial charge in [0.25, 0.3) is 5.56 Å². The van der Waals surface area contributed by atoms with Crippen molar-refractivity contribution in [2.75, 3.05) is 19.0 Å². The van der Waals surface area contributed by atoms with Crippen molar-refractivity contribution in [1.82, 2.24) is 14.1 Å². The van der Waals surface area contributed by atoms with E-state index in [1.807, 2.05) is 48.7 Å². The molecule has 0 unspecified atom stereocenters. The van der Waals surface area contributed by atoms with Gasteiger partial charge in [0.1, 0.15) is 17.9 Å². The number of fused-ring (bicyclic) bond motifs is 1. The van der Waals surface area contributed by atoms with Crippen LogP contribution in [-0.4, -0.2) is 33.6 Å². The molecule has 0 aliphatic carbocycles. The van der Waals surface area contributed by atoms with Gasteiger partial charge in [0.2, 0.25) is 0 Å². The van der Waals surface area contributed by atoms with E-state index in [1.54, 1.807) is 7.11 Å². The number of benzene rings is 1. The summed E-state index contributed by atoms with van der Waals surface area (Å²) in [5.41, 5.74) is 3.89. The average Bonchev–Trinajstić information content (AvgIpc) is 3.04. The molecule has 1 aliphatic rings. The van der Waals surface area contributed by atoms with Crippen LogP contribution in [0, 0.1) is 13.8 Å². The highest BCUT2D eigenvalue weighted by molar-refractivity contribution is 5.97. The standard InChI is InChI=1S/C22H24N4O3/c1-14-11-19(15(2)26(14)16-6-8-17(29-3)9-7-16)20(27)12-25-13-24-21-18(22(25)28)5-4-10-23-21/h6-9,11,13,23H,4-5,10,12H2,1-3H3. The highest BCUT2D eigenvalue weighted by Gasteiger charge is 2.20. The van der Waals surface area contributed by atoms with E-state index >= 15 is 0 Å². The summed E-state index contributed by atoms with van der Waals surface area (Å²) in [6, 6.07) is 9.57. The summed E-state index contributed by atoms with van der Waals surface area (Å²) < 4.78 is 8.66. The van der Waals surface area contributed by atoms with Gasteiger partial charge in [-0.05, 0) is 57.0 Å². The molecule has 2 aromatic heterocycles. The summed E-state index contributed by atoms with van der Waals surface area (Å²) in [6.45, 7) is 4.68. The molecule has 7 heteroatoms. The highest BCUT2D eigenvalue weighted by atomic mass is 16.5. The Balaban J connectivity index is 1.64. The van der Waals surface area contributed by atoms with E-state index in [4.69, 9.17) is 4.74 Å². The second-order valence-electron chi connectivity index (χ2n) is 7.28. The molecule has 0 saturated heterocycles. The number of anilines is 1. The number of hydrogen-bond donors (Lipinski definition) is 1. The average molecular weight is 392 g/mol. The van der Waals surface area contributed by atoms with Crippen LogP contribution >= 0.6 is 0 Å². The number of nitrogens with one attached hydrogen (secondary N) is 1. The van der Waals surface area contributed by atoms with E-state index in [-0.39, 0.29) is 17.9 Å². The fourth-order valence-corrected chi connectivity index (χ4v) is 3.91. The third-order valence-electron chi connectivity index (χ3n) is 5.40. The lowest BCUT2D eigenvalue weighted by molar-refractivity contribution is 0.0969. The zero-order valence-corrected chi connectivity index (χ0v) is 16.9. The monoisotopic (exact) mass is 392 g/mol. The van der Waals surface area contributed by atoms with Gasteiger partial charge in [-0.15, -0.1) is 0 Å². The first kappa shape index (κ1) is 19.0. The smallest absolute Gasteiger partial charge is 0.259 e. The van der Waals surface area contributed by atoms with Crippen molar-refractivity contribution in [3.8, 4) is 11.4 Å². The summed E-state index contributed by atoms with van der Waals surface area (Å²) >= 11 is 0. The van der Waals surface area contributed by atoms with Crippen molar-refractivity contribution in [3.05, 3.63) is 69.5 Å². The molecule has 0 fully saturated rings. The van der Waals surface area contributed by atoms with Crippen LogP contribution in [-0.2, 0) is 13.0 Å². The van der Waals surface area contributed by atoms with Gasteiger partial charge in [-0.1, -0.05) is 0 Å². The van der Waals surface area contributed by atoms with Crippen LogP contribution in [0.15, 0.2) is 41.5 Å². The highest BCUT2D eigenvalue weighted by Crippen LogP contribution is 2.23. The maximum absolute atomic E-state index is 13.0. The molecule has 3 aromatic rings. The van der Waals surface area contributed by atoms with Crippen molar-refractivity contribution >= 4 is 11.6 Å². The SMILES string of the molecule is COc1ccc(-n2c(C)cc(C(=O)Cn3cnc4c(c3=O)CCCN4)c2C)cc1. The first-order chi connectivity index (χ1) is 14.0. The van der Waals surface area contributed by atoms with Gasteiger partial charge in [-0.3, -0.25) is 14.2 Å². The van der Waals surface area contributed by atoms with Crippen LogP contribution in [0.4, 0.5) is 5.82 Å². The number of methoxy groups -OCH3 is 1. The molecule has 1 aromatic carbocycles. The summed E-state index contributed by atoms with van der Waals surface area (Å²) in [5, 5.41) is 3.14. The fraction of sp³-hybridized carbons (Fsp3) is 0.318. The zero-order chi connectivity index (χ0) is 20.5. The second-order valence-corrected chi connectivity index (χ2v) is 7.28. The van der Waals surface area contributed by atoms with Crippen molar-refractivity contribution < 1.29 is 9.53 Å². The Morgan fingerprint density at radius 3 is 2.72 bits per heavy atom. The van der Waals surface area contributed by atoms with Crippen molar-refractivity contribution in [1.29, 1.82) is 0 Å². The molecule has 0 spiro atoms. The Hall–Kier alpha value is -3.35. The molecule has 1 aliphatic heterocycles. The molecule has 7 nitrogen and oxygen atoms in total. The minimum atomic E-state index is -0.139. The first-order valence-electron chi connectivity index (χ1n) is 9.68. The normalized spacial score (nSPS) is 12.9. The van der Waals surface area contributed by atoms with Crippen LogP contribution in [0.25, 0.3) is 5.69 Å². The van der Waals surface area contributed by atoms with Crippen LogP contribution < -0.4 is 15.6 Å². The number of hydrogen-bond acceptors (Lipinski definition) is 5. The Labute approximate surface area is 169 Å². The molecule has 29 heavy (non-hydrogen) atoms. The number of carbonyl (C=O) groups is 1. The number of Topliss-reactive ketones (excluding diaryl/α,β-unsaturated/α-hetero) is 1. The second kappa shape index (κ2) is 7.58. The number of aryl methyl sites for hydroxylation is 1. The van der Waals surface area contributed by atoms with Crippen LogP contribution in [0.3, 0.4) is 0 Å². The number of ketones is 1. The Morgan fingerprint density at radius 2 is 2.00 bits per heavy atom. The van der Waals surface area contributed by atoms with E-state index in [9.17, 15) is 9.59 Å². The minimum absolute atomic E-state index is 0.0218. The lowest BCUT2D eigenvalue weighted by Gasteiger charge is -2.17. The van der Waals surface area contributed by atoms with Gasteiger partial charge in [0.15, 0.2) is 5.78 Å². The molecule has 3 heterocycles. The van der Waals surface area contributed by atoms with E-state index in [2.05, 4.69) is 10.3 Å². The van der Waals surface area contributed by atoms with Gasteiger partial charge in [0, 0.05) is 29.2 Å². The lowest BCUT2D eigenvalue weighted by atomic mass is 10.1. The number of nitrogens with zero attached hydrogens (tertiary/aromatic N) is 3. The number of ether oxygens (including phenoxy) is 1. The fourth-order valence-electron chi connectivity index (χ4n) is 3.91. The minimum Gasteiger partial charge on any atom is -0.497 e. The van der Waals surface area contributed by atoms with Crippen LogP contribution in [0.5, 0.6) is 5.75 Å². The first-order valence-corrected chi connectivity index (χ1v) is 9.68. The van der Waals surface area contributed by atoms with Crippen molar-refractivity contribution in [2.45, 2.75) is 33.2 Å². The Morgan fingerprint density at radius 1 is 1.24 bits per heavy atom. The van der Waals surface area contributed by atoms with E-state index < -0.39 is 0 Å². The predicted octanol–water partition coefficient (Wildman–Crippen LogP) is 2.90. The van der Waals surface area contributed by atoms with Gasteiger partial charge in [0.05, 0.1) is 19.2 Å². The Bertz CT molecular complexity index is 1130. The van der Waals surface area contributed by atoms with E-state index in [0.717, 1.165) is 35.8 Å². The largest absolute Gasteiger partial charge is 0.497 e. The predicted molar refractivity (Wildman–Crippen MR) is 111 cm³/mol. The van der Waals surface area contributed by atoms with Gasteiger partial charge in [-0.2, -0.15) is 0 Å². The quantitative estimate of drug-likeness (QED) is 0.676. The molecule has 4 rings (SSSR count). The number of aromatic nitrogens is 3. The molecule has 1 N–H and O–H groups in total. The molecule has 0 saturated carbocycles. The summed E-state index contributed by atoms with van der Waals surface area (Å²) in [4.78, 5) is 30.1. The maximum atomic E-state index is 13.0.